The fraction of sp³-hybridized carbons (Fsp3) is 0.474. The van der Waals surface area contributed by atoms with Crippen LogP contribution in [0.5, 0.6) is 5.75 Å². The van der Waals surface area contributed by atoms with Crippen LogP contribution in [0.4, 0.5) is 11.5 Å². The second-order valence-corrected chi connectivity index (χ2v) is 7.16. The maximum atomic E-state index is 5.33. The van der Waals surface area contributed by atoms with E-state index in [-0.39, 0.29) is 5.41 Å². The minimum absolute atomic E-state index is 0.0293. The van der Waals surface area contributed by atoms with Gasteiger partial charge in [0, 0.05) is 49.5 Å². The highest BCUT2D eigenvalue weighted by molar-refractivity contribution is 5.52. The van der Waals surface area contributed by atoms with E-state index in [1.165, 1.54) is 5.69 Å². The van der Waals surface area contributed by atoms with E-state index in [1.54, 1.807) is 7.11 Å². The fourth-order valence-electron chi connectivity index (χ4n) is 2.89. The summed E-state index contributed by atoms with van der Waals surface area (Å²) in [7, 11) is 1.71. The van der Waals surface area contributed by atoms with Gasteiger partial charge in [0.15, 0.2) is 0 Å². The lowest BCUT2D eigenvalue weighted by Gasteiger charge is -2.37. The first-order valence-electron chi connectivity index (χ1n) is 8.45. The Balaban J connectivity index is 1.69. The van der Waals surface area contributed by atoms with Crippen LogP contribution >= 0.6 is 0 Å². The summed E-state index contributed by atoms with van der Waals surface area (Å²) in [4.78, 5) is 13.9. The average molecular weight is 326 g/mol. The van der Waals surface area contributed by atoms with Gasteiger partial charge in [-0.3, -0.25) is 0 Å². The molecule has 1 aromatic heterocycles. The van der Waals surface area contributed by atoms with Gasteiger partial charge in [-0.25, -0.2) is 9.97 Å². The van der Waals surface area contributed by atoms with Crippen LogP contribution in [0.2, 0.25) is 0 Å². The van der Waals surface area contributed by atoms with E-state index in [0.717, 1.165) is 43.6 Å². The molecule has 2 aromatic rings. The number of benzene rings is 1. The summed E-state index contributed by atoms with van der Waals surface area (Å²) < 4.78 is 5.33. The average Bonchev–Trinajstić information content (AvgIpc) is 2.61. The molecule has 1 saturated heterocycles. The Hall–Kier alpha value is -2.30. The van der Waals surface area contributed by atoms with Crippen molar-refractivity contribution < 1.29 is 4.74 Å². The molecule has 2 heterocycles. The zero-order valence-corrected chi connectivity index (χ0v) is 15.0. The van der Waals surface area contributed by atoms with Crippen molar-refractivity contribution in [2.45, 2.75) is 26.2 Å². The number of methoxy groups -OCH3 is 1. The Labute approximate surface area is 144 Å². The third-order valence-corrected chi connectivity index (χ3v) is 4.33. The van der Waals surface area contributed by atoms with Crippen molar-refractivity contribution in [1.29, 1.82) is 0 Å². The predicted molar refractivity (Wildman–Crippen MR) is 98.2 cm³/mol. The monoisotopic (exact) mass is 326 g/mol. The van der Waals surface area contributed by atoms with Gasteiger partial charge in [-0.15, -0.1) is 0 Å². The summed E-state index contributed by atoms with van der Waals surface area (Å²) in [5.74, 6) is 2.83. The quantitative estimate of drug-likeness (QED) is 0.867. The van der Waals surface area contributed by atoms with Gasteiger partial charge in [0.2, 0.25) is 0 Å². The van der Waals surface area contributed by atoms with E-state index >= 15 is 0 Å². The molecule has 0 radical (unpaired) electrons. The SMILES string of the molecule is COc1cccc(N2CCN(c3ccnc(C(C)(C)C)n3)CC2)c1. The summed E-state index contributed by atoms with van der Waals surface area (Å²) in [5, 5.41) is 0. The van der Waals surface area contributed by atoms with Crippen molar-refractivity contribution >= 4 is 11.5 Å². The lowest BCUT2D eigenvalue weighted by atomic mass is 9.96. The molecule has 0 aliphatic carbocycles. The highest BCUT2D eigenvalue weighted by atomic mass is 16.5. The van der Waals surface area contributed by atoms with Crippen molar-refractivity contribution in [3.8, 4) is 5.75 Å². The van der Waals surface area contributed by atoms with Gasteiger partial charge in [0.25, 0.3) is 0 Å². The Morgan fingerprint density at radius 2 is 1.71 bits per heavy atom. The zero-order chi connectivity index (χ0) is 17.2. The third-order valence-electron chi connectivity index (χ3n) is 4.33. The summed E-state index contributed by atoms with van der Waals surface area (Å²) >= 11 is 0. The molecule has 24 heavy (non-hydrogen) atoms. The molecule has 1 aromatic carbocycles. The molecular formula is C19H26N4O. The van der Waals surface area contributed by atoms with Gasteiger partial charge in [0.1, 0.15) is 17.4 Å². The first kappa shape index (κ1) is 16.6. The summed E-state index contributed by atoms with van der Waals surface area (Å²) in [5.41, 5.74) is 1.19. The van der Waals surface area contributed by atoms with Gasteiger partial charge >= 0.3 is 0 Å². The standard InChI is InChI=1S/C19H26N4O/c1-19(2,3)18-20-9-8-17(21-18)23-12-10-22(11-13-23)15-6-5-7-16(14-15)24-4/h5-9,14H,10-13H2,1-4H3. The van der Waals surface area contributed by atoms with E-state index in [9.17, 15) is 0 Å². The molecule has 0 N–H and O–H groups in total. The van der Waals surface area contributed by atoms with E-state index in [2.05, 4.69) is 47.7 Å². The summed E-state index contributed by atoms with van der Waals surface area (Å²) in [6, 6.07) is 10.3. The maximum Gasteiger partial charge on any atom is 0.135 e. The first-order chi connectivity index (χ1) is 11.5. The van der Waals surface area contributed by atoms with Crippen LogP contribution in [-0.2, 0) is 5.41 Å². The zero-order valence-electron chi connectivity index (χ0n) is 15.0. The Morgan fingerprint density at radius 1 is 1.00 bits per heavy atom. The highest BCUT2D eigenvalue weighted by Crippen LogP contribution is 2.24. The van der Waals surface area contributed by atoms with Crippen molar-refractivity contribution in [3.05, 3.63) is 42.4 Å². The van der Waals surface area contributed by atoms with Crippen LogP contribution in [0.3, 0.4) is 0 Å². The van der Waals surface area contributed by atoms with Crippen LogP contribution in [0.25, 0.3) is 0 Å². The van der Waals surface area contributed by atoms with Crippen LogP contribution in [0.1, 0.15) is 26.6 Å². The van der Waals surface area contributed by atoms with Gasteiger partial charge in [0.05, 0.1) is 7.11 Å². The lowest BCUT2D eigenvalue weighted by molar-refractivity contribution is 0.414. The van der Waals surface area contributed by atoms with Gasteiger partial charge in [-0.2, -0.15) is 0 Å². The third kappa shape index (κ3) is 3.61. The number of anilines is 2. The van der Waals surface area contributed by atoms with Crippen LogP contribution in [-0.4, -0.2) is 43.3 Å². The number of hydrogen-bond acceptors (Lipinski definition) is 5. The molecule has 1 fully saturated rings. The Morgan fingerprint density at radius 3 is 2.38 bits per heavy atom. The minimum atomic E-state index is -0.0293. The highest BCUT2D eigenvalue weighted by Gasteiger charge is 2.22. The number of aromatic nitrogens is 2. The van der Waals surface area contributed by atoms with Crippen molar-refractivity contribution in [3.63, 3.8) is 0 Å². The molecule has 3 rings (SSSR count). The topological polar surface area (TPSA) is 41.5 Å². The molecule has 0 amide bonds. The van der Waals surface area contributed by atoms with E-state index in [1.807, 2.05) is 24.4 Å². The van der Waals surface area contributed by atoms with Crippen molar-refractivity contribution in [2.75, 3.05) is 43.1 Å². The number of rotatable bonds is 3. The number of piperazine rings is 1. The maximum absolute atomic E-state index is 5.33. The second-order valence-electron chi connectivity index (χ2n) is 7.16. The number of hydrogen-bond donors (Lipinski definition) is 0. The molecule has 1 aliphatic rings. The number of ether oxygens (including phenoxy) is 1. The van der Waals surface area contributed by atoms with E-state index < -0.39 is 0 Å². The van der Waals surface area contributed by atoms with Gasteiger partial charge < -0.3 is 14.5 Å². The molecule has 0 bridgehead atoms. The number of nitrogens with zero attached hydrogens (tertiary/aromatic N) is 4. The molecule has 1 aliphatic heterocycles. The molecule has 0 unspecified atom stereocenters. The van der Waals surface area contributed by atoms with Crippen LogP contribution in [0.15, 0.2) is 36.5 Å². The summed E-state index contributed by atoms with van der Waals surface area (Å²) in [6.07, 6.45) is 1.87. The summed E-state index contributed by atoms with van der Waals surface area (Å²) in [6.45, 7) is 10.3. The first-order valence-corrected chi connectivity index (χ1v) is 8.45. The second kappa shape index (κ2) is 6.67. The normalized spacial score (nSPS) is 15.5. The molecule has 0 saturated carbocycles. The lowest BCUT2D eigenvalue weighted by Crippen LogP contribution is -2.47. The molecule has 0 spiro atoms. The largest absolute Gasteiger partial charge is 0.497 e. The van der Waals surface area contributed by atoms with Crippen LogP contribution < -0.4 is 14.5 Å². The molecular weight excluding hydrogens is 300 g/mol. The molecule has 5 nitrogen and oxygen atoms in total. The van der Waals surface area contributed by atoms with Gasteiger partial charge in [-0.05, 0) is 18.2 Å². The smallest absolute Gasteiger partial charge is 0.135 e. The van der Waals surface area contributed by atoms with Crippen molar-refractivity contribution in [2.24, 2.45) is 0 Å². The van der Waals surface area contributed by atoms with E-state index in [4.69, 9.17) is 9.72 Å². The van der Waals surface area contributed by atoms with Crippen LogP contribution in [0, 0.1) is 0 Å². The minimum Gasteiger partial charge on any atom is -0.497 e. The Kier molecular flexibility index (Phi) is 4.60. The van der Waals surface area contributed by atoms with E-state index in [0.29, 0.717) is 0 Å². The van der Waals surface area contributed by atoms with Crippen molar-refractivity contribution in [1.82, 2.24) is 9.97 Å². The molecule has 0 atom stereocenters. The molecule has 5 heteroatoms. The fourth-order valence-corrected chi connectivity index (χ4v) is 2.89. The predicted octanol–water partition coefficient (Wildman–Crippen LogP) is 3.11. The van der Waals surface area contributed by atoms with Gasteiger partial charge in [-0.1, -0.05) is 26.8 Å². The Bertz CT molecular complexity index is 688. The molecule has 128 valence electrons.